The van der Waals surface area contributed by atoms with Crippen LogP contribution in [0.5, 0.6) is 5.75 Å². The normalized spacial score (nSPS) is 19.1. The summed E-state index contributed by atoms with van der Waals surface area (Å²) in [4.78, 5) is 0. The first kappa shape index (κ1) is 13.7. The third-order valence-corrected chi connectivity index (χ3v) is 3.67. The molecule has 1 aromatic carbocycles. The van der Waals surface area contributed by atoms with Gasteiger partial charge in [0.05, 0.1) is 12.1 Å². The van der Waals surface area contributed by atoms with Gasteiger partial charge in [0.2, 0.25) is 0 Å². The smallest absolute Gasteiger partial charge is 0.137 e. The van der Waals surface area contributed by atoms with Crippen LogP contribution in [-0.4, -0.2) is 26.2 Å². The molecule has 0 radical (unpaired) electrons. The van der Waals surface area contributed by atoms with Crippen molar-refractivity contribution in [3.63, 3.8) is 0 Å². The minimum Gasteiger partial charge on any atom is -0.495 e. The van der Waals surface area contributed by atoms with Crippen LogP contribution in [0.15, 0.2) is 18.2 Å². The van der Waals surface area contributed by atoms with Crippen molar-refractivity contribution in [1.29, 1.82) is 0 Å². The van der Waals surface area contributed by atoms with Crippen LogP contribution >= 0.6 is 11.6 Å². The van der Waals surface area contributed by atoms with Gasteiger partial charge in [0.25, 0.3) is 0 Å². The van der Waals surface area contributed by atoms with Crippen LogP contribution in [0.3, 0.4) is 0 Å². The van der Waals surface area contributed by atoms with E-state index in [0.717, 1.165) is 18.8 Å². The standard InChI is InChI=1S/C14H21ClN2O/c1-18-14-5-4-11(9-13(14)15)10-16-8-6-12-3-2-7-17-12/h4-5,9,12,16-17H,2-3,6-8,10H2,1H3. The summed E-state index contributed by atoms with van der Waals surface area (Å²) < 4.78 is 5.13. The van der Waals surface area contributed by atoms with E-state index in [9.17, 15) is 0 Å². The van der Waals surface area contributed by atoms with E-state index in [1.807, 2.05) is 18.2 Å². The predicted octanol–water partition coefficient (Wildman–Crippen LogP) is 2.58. The third-order valence-electron chi connectivity index (χ3n) is 3.38. The topological polar surface area (TPSA) is 33.3 Å². The van der Waals surface area contributed by atoms with Crippen molar-refractivity contribution in [2.45, 2.75) is 31.8 Å². The van der Waals surface area contributed by atoms with E-state index in [4.69, 9.17) is 16.3 Å². The highest BCUT2D eigenvalue weighted by Crippen LogP contribution is 2.24. The van der Waals surface area contributed by atoms with Crippen molar-refractivity contribution >= 4 is 11.6 Å². The summed E-state index contributed by atoms with van der Waals surface area (Å²) in [5.41, 5.74) is 1.19. The fourth-order valence-electron chi connectivity index (χ4n) is 2.33. The molecule has 1 aliphatic heterocycles. The molecule has 4 heteroatoms. The van der Waals surface area contributed by atoms with Gasteiger partial charge in [-0.15, -0.1) is 0 Å². The molecule has 0 amide bonds. The van der Waals surface area contributed by atoms with Crippen molar-refractivity contribution < 1.29 is 4.74 Å². The first-order chi connectivity index (χ1) is 8.79. The summed E-state index contributed by atoms with van der Waals surface area (Å²) in [6.45, 7) is 3.08. The number of halogens is 1. The highest BCUT2D eigenvalue weighted by molar-refractivity contribution is 6.32. The lowest BCUT2D eigenvalue weighted by Gasteiger charge is -2.11. The van der Waals surface area contributed by atoms with Crippen LogP contribution in [0.1, 0.15) is 24.8 Å². The fraction of sp³-hybridized carbons (Fsp3) is 0.571. The highest BCUT2D eigenvalue weighted by atomic mass is 35.5. The van der Waals surface area contributed by atoms with Gasteiger partial charge in [-0.1, -0.05) is 17.7 Å². The van der Waals surface area contributed by atoms with E-state index in [-0.39, 0.29) is 0 Å². The first-order valence-corrected chi connectivity index (χ1v) is 6.94. The maximum absolute atomic E-state index is 6.08. The summed E-state index contributed by atoms with van der Waals surface area (Å²) in [5.74, 6) is 0.732. The molecule has 0 aromatic heterocycles. The molecular formula is C14H21ClN2O. The van der Waals surface area contributed by atoms with Crippen LogP contribution in [-0.2, 0) is 6.54 Å². The Labute approximate surface area is 114 Å². The zero-order valence-electron chi connectivity index (χ0n) is 10.8. The van der Waals surface area contributed by atoms with Gasteiger partial charge >= 0.3 is 0 Å². The number of ether oxygens (including phenoxy) is 1. The summed E-state index contributed by atoms with van der Waals surface area (Å²) in [5, 5.41) is 7.63. The zero-order valence-corrected chi connectivity index (χ0v) is 11.6. The van der Waals surface area contributed by atoms with Crippen molar-refractivity contribution in [2.24, 2.45) is 0 Å². The number of hydrogen-bond donors (Lipinski definition) is 2. The lowest BCUT2D eigenvalue weighted by atomic mass is 10.1. The van der Waals surface area contributed by atoms with Crippen LogP contribution in [0.4, 0.5) is 0 Å². The van der Waals surface area contributed by atoms with Crippen molar-refractivity contribution in [3.8, 4) is 5.75 Å². The monoisotopic (exact) mass is 268 g/mol. The molecule has 1 heterocycles. The largest absolute Gasteiger partial charge is 0.495 e. The summed E-state index contributed by atoms with van der Waals surface area (Å²) in [6.07, 6.45) is 3.83. The van der Waals surface area contributed by atoms with Crippen LogP contribution in [0.2, 0.25) is 5.02 Å². The van der Waals surface area contributed by atoms with Gasteiger partial charge in [-0.05, 0) is 50.0 Å². The lowest BCUT2D eigenvalue weighted by molar-refractivity contribution is 0.415. The molecule has 2 N–H and O–H groups in total. The van der Waals surface area contributed by atoms with Gasteiger partial charge in [-0.25, -0.2) is 0 Å². The Morgan fingerprint density at radius 2 is 2.39 bits per heavy atom. The first-order valence-electron chi connectivity index (χ1n) is 6.56. The Bertz CT molecular complexity index is 378. The quantitative estimate of drug-likeness (QED) is 0.778. The molecule has 1 aliphatic rings. The molecule has 0 spiro atoms. The average Bonchev–Trinajstić information content (AvgIpc) is 2.88. The molecule has 0 saturated carbocycles. The minimum absolute atomic E-state index is 0.675. The van der Waals surface area contributed by atoms with Gasteiger partial charge in [-0.3, -0.25) is 0 Å². The molecule has 0 aliphatic carbocycles. The fourth-order valence-corrected chi connectivity index (χ4v) is 2.61. The molecule has 1 fully saturated rings. The Hall–Kier alpha value is -0.770. The van der Waals surface area contributed by atoms with E-state index in [2.05, 4.69) is 10.6 Å². The average molecular weight is 269 g/mol. The van der Waals surface area contributed by atoms with Crippen LogP contribution in [0.25, 0.3) is 0 Å². The van der Waals surface area contributed by atoms with Crippen molar-refractivity contribution in [3.05, 3.63) is 28.8 Å². The number of hydrogen-bond acceptors (Lipinski definition) is 3. The molecule has 1 saturated heterocycles. The maximum atomic E-state index is 6.08. The lowest BCUT2D eigenvalue weighted by Crippen LogP contribution is -2.26. The summed E-state index contributed by atoms with van der Waals surface area (Å²) >= 11 is 6.08. The maximum Gasteiger partial charge on any atom is 0.137 e. The molecule has 1 atom stereocenters. The second kappa shape index (κ2) is 6.98. The van der Waals surface area contributed by atoms with Gasteiger partial charge in [0.1, 0.15) is 5.75 Å². The highest BCUT2D eigenvalue weighted by Gasteiger charge is 2.12. The van der Waals surface area contributed by atoms with E-state index >= 15 is 0 Å². The summed E-state index contributed by atoms with van der Waals surface area (Å²) in [6, 6.07) is 6.63. The molecule has 1 unspecified atom stereocenters. The number of methoxy groups -OCH3 is 1. The molecular weight excluding hydrogens is 248 g/mol. The van der Waals surface area contributed by atoms with Gasteiger partial charge < -0.3 is 15.4 Å². The Kier molecular flexibility index (Phi) is 5.29. The van der Waals surface area contributed by atoms with Crippen LogP contribution < -0.4 is 15.4 Å². The Morgan fingerprint density at radius 1 is 1.50 bits per heavy atom. The Balaban J connectivity index is 1.71. The molecule has 0 bridgehead atoms. The van der Waals surface area contributed by atoms with E-state index in [1.165, 1.54) is 31.4 Å². The Morgan fingerprint density at radius 3 is 3.06 bits per heavy atom. The van der Waals surface area contributed by atoms with Crippen molar-refractivity contribution in [2.75, 3.05) is 20.2 Å². The van der Waals surface area contributed by atoms with Gasteiger partial charge in [0, 0.05) is 12.6 Å². The zero-order chi connectivity index (χ0) is 12.8. The molecule has 100 valence electrons. The minimum atomic E-state index is 0.675. The summed E-state index contributed by atoms with van der Waals surface area (Å²) in [7, 11) is 1.63. The second-order valence-corrected chi connectivity index (χ2v) is 5.13. The van der Waals surface area contributed by atoms with Gasteiger partial charge in [-0.2, -0.15) is 0 Å². The van der Waals surface area contributed by atoms with Gasteiger partial charge in [0.15, 0.2) is 0 Å². The van der Waals surface area contributed by atoms with E-state index in [0.29, 0.717) is 11.1 Å². The SMILES string of the molecule is COc1ccc(CNCCC2CCCN2)cc1Cl. The number of benzene rings is 1. The molecule has 2 rings (SSSR count). The number of rotatable bonds is 6. The third kappa shape index (κ3) is 3.87. The molecule has 18 heavy (non-hydrogen) atoms. The van der Waals surface area contributed by atoms with Crippen LogP contribution in [0, 0.1) is 0 Å². The molecule has 1 aromatic rings. The predicted molar refractivity (Wildman–Crippen MR) is 75.4 cm³/mol. The van der Waals surface area contributed by atoms with E-state index < -0.39 is 0 Å². The van der Waals surface area contributed by atoms with E-state index in [1.54, 1.807) is 7.11 Å². The number of nitrogens with one attached hydrogen (secondary N) is 2. The van der Waals surface area contributed by atoms with Crippen molar-refractivity contribution in [1.82, 2.24) is 10.6 Å². The molecule has 3 nitrogen and oxygen atoms in total. The second-order valence-electron chi connectivity index (χ2n) is 4.73.